The Bertz CT molecular complexity index is 7130. The topological polar surface area (TPSA) is 31.0 Å². The Balaban J connectivity index is 1.26. The van der Waals surface area contributed by atoms with Crippen LogP contribution in [-0.2, 0) is 21.7 Å². The number of nitrogens with zero attached hydrogens (tertiary/aromatic N) is 5. The van der Waals surface area contributed by atoms with Crippen LogP contribution in [-0.4, -0.2) is 11.3 Å². The molecule has 0 saturated carbocycles. The average Bonchev–Trinajstić information content (AvgIpc) is 1.63. The molecular weight excluding hydrogens is 1080 g/mol. The van der Waals surface area contributed by atoms with Crippen molar-refractivity contribution in [3.63, 3.8) is 0 Å². The van der Waals surface area contributed by atoms with Gasteiger partial charge in [-0.15, -0.1) is 0 Å². The zero-order valence-corrected chi connectivity index (χ0v) is 50.2. The lowest BCUT2D eigenvalue weighted by Gasteiger charge is -2.47. The second-order valence-electron chi connectivity index (χ2n) is 26.1. The quantitative estimate of drug-likeness (QED) is 0.148. The van der Waals surface area contributed by atoms with E-state index < -0.39 is 381 Å². The fourth-order valence-electron chi connectivity index (χ4n) is 11.5. The molecular formula is C82H74BN5O. The molecule has 436 valence electrons. The van der Waals surface area contributed by atoms with Crippen LogP contribution in [0.5, 0.6) is 0 Å². The maximum Gasteiger partial charge on any atom is 0.252 e. The van der Waals surface area contributed by atoms with Gasteiger partial charge in [0.05, 0.1) is 85.9 Å². The lowest BCUT2D eigenvalue weighted by molar-refractivity contribution is 0.590. The van der Waals surface area contributed by atoms with E-state index in [4.69, 9.17) is 11.3 Å². The molecule has 0 amide bonds. The predicted molar refractivity (Wildman–Crippen MR) is 380 cm³/mol. The number of furan rings is 1. The number of aromatic nitrogens is 1. The van der Waals surface area contributed by atoms with Crippen molar-refractivity contribution in [3.8, 4) is 5.69 Å². The molecule has 0 aliphatic carbocycles. The molecule has 2 aromatic heterocycles. The van der Waals surface area contributed by atoms with Crippen LogP contribution in [0.4, 0.5) is 68.2 Å². The van der Waals surface area contributed by atoms with Crippen LogP contribution in [0.3, 0.4) is 0 Å². The Morgan fingerprint density at radius 2 is 0.876 bits per heavy atom. The van der Waals surface area contributed by atoms with E-state index in [1.165, 1.54) is 0 Å². The minimum Gasteiger partial charge on any atom is -0.456 e. The number of hydrogen-bond acceptors (Lipinski definition) is 5. The Morgan fingerprint density at radius 1 is 0.348 bits per heavy atom. The molecule has 0 atom stereocenters. The first-order chi connectivity index (χ1) is 58.6. The second-order valence-corrected chi connectivity index (χ2v) is 26.1. The van der Waals surface area contributed by atoms with E-state index in [-0.39, 0.29) is 33.0 Å². The summed E-state index contributed by atoms with van der Waals surface area (Å²) in [6.07, 6.45) is 0. The molecule has 13 aromatic rings. The van der Waals surface area contributed by atoms with E-state index in [0.29, 0.717) is 14.7 Å². The monoisotopic (exact) mass is 1190 g/mol. The van der Waals surface area contributed by atoms with Crippen LogP contribution in [0.2, 0.25) is 0 Å². The van der Waals surface area contributed by atoms with Crippen molar-refractivity contribution in [2.75, 3.05) is 19.6 Å². The van der Waals surface area contributed by atoms with Gasteiger partial charge in [-0.3, -0.25) is 0 Å². The van der Waals surface area contributed by atoms with E-state index in [1.54, 1.807) is 83.1 Å². The molecule has 0 bridgehead atoms. The standard InChI is InChI=1S/C82H74BN5O/c1-79(2,3)51-30-35-57(36-31-51)84(58-37-32-52(33-38-58)80(4,5)6)59-40-42-66-70(47-59)86(60-39-41-63-62-26-19-20-29-74(62)89-75(63)50-60)71-48-61(85(55-22-15-13-16-23-55)56-24-17-14-18-25-56)49-72-76(71)83(66)67-27-21-28-69-78(67)88(72)73-46-54(82(10,11)12)45-65-64-44-53(81(7,8)9)34-43-68(64)87(69)77(65)73/h13-50H,1-12H3/i13D,14D,15D,16D,17D,18D,19D,20D,21D,22D,23D,24D,25D,26D,27D,28D,29D,30D,31D,32D,33D,34D,35D,36D,37D,38D,39D,40D,41D,42D,43D,44D,45D,46D,47D,48D,49D,50D. The van der Waals surface area contributed by atoms with Gasteiger partial charge in [0.15, 0.2) is 0 Å². The lowest BCUT2D eigenvalue weighted by Crippen LogP contribution is -2.61. The van der Waals surface area contributed by atoms with Gasteiger partial charge in [-0.05, 0) is 181 Å². The highest BCUT2D eigenvalue weighted by molar-refractivity contribution is 7.00. The van der Waals surface area contributed by atoms with Gasteiger partial charge >= 0.3 is 0 Å². The van der Waals surface area contributed by atoms with Gasteiger partial charge in [0, 0.05) is 78.8 Å². The number of fused-ring (bicyclic) bond motifs is 12. The largest absolute Gasteiger partial charge is 0.456 e. The first-order valence-electron chi connectivity index (χ1n) is 47.6. The first-order valence-corrected chi connectivity index (χ1v) is 28.6. The van der Waals surface area contributed by atoms with Gasteiger partial charge in [-0.2, -0.15) is 0 Å². The summed E-state index contributed by atoms with van der Waals surface area (Å²) in [5, 5.41) is -1.78. The van der Waals surface area contributed by atoms with E-state index in [1.807, 2.05) is 0 Å². The number of anilines is 12. The summed E-state index contributed by atoms with van der Waals surface area (Å²) < 4.78 is 389. The highest BCUT2D eigenvalue weighted by atomic mass is 16.3. The van der Waals surface area contributed by atoms with Crippen molar-refractivity contribution in [2.24, 2.45) is 0 Å². The normalized spacial score (nSPS) is 19.5. The first kappa shape index (κ1) is 27.8. The predicted octanol–water partition coefficient (Wildman–Crippen LogP) is 21.2. The Kier molecular flexibility index (Phi) is 6.05. The molecule has 3 aliphatic rings. The van der Waals surface area contributed by atoms with Crippen molar-refractivity contribution in [1.29, 1.82) is 0 Å². The van der Waals surface area contributed by atoms with Gasteiger partial charge in [-0.25, -0.2) is 0 Å². The molecule has 0 saturated heterocycles. The van der Waals surface area contributed by atoms with Crippen LogP contribution in [0.25, 0.3) is 49.4 Å². The number of benzene rings is 11. The average molecular weight is 1190 g/mol. The molecule has 6 nitrogen and oxygen atoms in total. The highest BCUT2D eigenvalue weighted by Gasteiger charge is 2.47. The molecule has 7 heteroatoms. The summed E-state index contributed by atoms with van der Waals surface area (Å²) in [6.45, 7) is 16.7. The maximum atomic E-state index is 11.6. The van der Waals surface area contributed by atoms with Crippen molar-refractivity contribution >= 4 is 135 Å². The van der Waals surface area contributed by atoms with E-state index in [9.17, 15) is 45.2 Å². The van der Waals surface area contributed by atoms with Crippen LogP contribution < -0.4 is 36.0 Å². The lowest BCUT2D eigenvalue weighted by atomic mass is 9.33. The molecule has 0 unspecified atom stereocenters. The Hall–Kier alpha value is -9.72. The fourth-order valence-corrected chi connectivity index (χ4v) is 11.5. The summed E-state index contributed by atoms with van der Waals surface area (Å²) in [5.41, 5.74) is -23.6. The summed E-state index contributed by atoms with van der Waals surface area (Å²) in [6, 6.07) is -39.2. The van der Waals surface area contributed by atoms with Crippen molar-refractivity contribution < 1.29 is 56.5 Å². The molecule has 5 heterocycles. The maximum absolute atomic E-state index is 11.6. The highest BCUT2D eigenvalue weighted by Crippen LogP contribution is 2.56. The van der Waals surface area contributed by atoms with Crippen molar-refractivity contribution in [1.82, 2.24) is 4.57 Å². The van der Waals surface area contributed by atoms with Crippen LogP contribution in [0.1, 0.15) is 157 Å². The van der Waals surface area contributed by atoms with Gasteiger partial charge in [-0.1, -0.05) is 186 Å². The van der Waals surface area contributed by atoms with Gasteiger partial charge in [0.1, 0.15) is 11.2 Å². The zero-order chi connectivity index (χ0) is 94.3. The molecule has 0 radical (unpaired) electrons. The van der Waals surface area contributed by atoms with Crippen molar-refractivity contribution in [3.05, 3.63) is 252 Å². The molecule has 16 rings (SSSR count). The van der Waals surface area contributed by atoms with E-state index in [2.05, 4.69) is 0 Å². The Labute approximate surface area is 577 Å². The summed E-state index contributed by atoms with van der Waals surface area (Å²) in [7, 11) is 0. The number of para-hydroxylation sites is 4. The van der Waals surface area contributed by atoms with Gasteiger partial charge in [0.25, 0.3) is 6.71 Å². The van der Waals surface area contributed by atoms with E-state index >= 15 is 0 Å². The molecule has 3 aliphatic heterocycles. The SMILES string of the molecule is [2H]c1c([2H])c([2H])c(N(c2c([2H])c([2H])c([2H])c([2H])c2[2H])c2c([2H])c3c4c(c2[2H])N2c5c(c([2H])c([2H])c([2H])c5-n5c6c([2H])c([2H])c(C(C)(C)C)c([2H])c6c6c([2H])c(C(C)(C)C)c([2H])c2c65)B4c2c([2H])c([2H])c(N(c4c([2H])c([2H])c(C(C)(C)C)c([2H])c4[2H])c4c([2H])c([2H])c(C(C)(C)C)c([2H])c4[2H])c([2H])c2N3c2c([2H])c([2H])c3c(oc4c([2H])c([2H])c([2H])c([2H])c43)c2[2H])c([2H])c1[2H]. The summed E-state index contributed by atoms with van der Waals surface area (Å²) in [5.74, 6) is 0. The summed E-state index contributed by atoms with van der Waals surface area (Å²) in [4.78, 5) is 2.51. The molecule has 89 heavy (non-hydrogen) atoms. The molecule has 0 N–H and O–H groups in total. The smallest absolute Gasteiger partial charge is 0.252 e. The summed E-state index contributed by atoms with van der Waals surface area (Å²) >= 11 is 0. The van der Waals surface area contributed by atoms with Gasteiger partial charge < -0.3 is 28.6 Å². The molecule has 0 fully saturated rings. The van der Waals surface area contributed by atoms with E-state index in [0.717, 1.165) is 9.47 Å². The van der Waals surface area contributed by atoms with Gasteiger partial charge in [0.2, 0.25) is 0 Å². The third-order valence-corrected chi connectivity index (χ3v) is 15.9. The Morgan fingerprint density at radius 3 is 1.51 bits per heavy atom. The number of rotatable bonds is 7. The van der Waals surface area contributed by atoms with Crippen LogP contribution in [0, 0.1) is 0 Å². The van der Waals surface area contributed by atoms with Crippen molar-refractivity contribution in [2.45, 2.75) is 105 Å². The molecule has 11 aromatic carbocycles. The minimum atomic E-state index is -2.42. The fraction of sp³-hybridized carbons (Fsp3) is 0.195. The van der Waals surface area contributed by atoms with Crippen LogP contribution >= 0.6 is 0 Å². The second kappa shape index (κ2) is 19.4. The third-order valence-electron chi connectivity index (χ3n) is 15.9. The number of hydrogen-bond donors (Lipinski definition) is 0. The zero-order valence-electron chi connectivity index (χ0n) is 88.2. The minimum absolute atomic E-state index is 0.0494. The third kappa shape index (κ3) is 8.59. The molecule has 0 spiro atoms. The van der Waals surface area contributed by atoms with Crippen LogP contribution in [0.15, 0.2) is 234 Å².